The average molecular weight is 481 g/mol. The number of piperazine rings is 1. The van der Waals surface area contributed by atoms with Gasteiger partial charge in [-0.15, -0.1) is 0 Å². The van der Waals surface area contributed by atoms with Gasteiger partial charge in [0.1, 0.15) is 0 Å². The molecule has 1 saturated heterocycles. The first-order valence-electron chi connectivity index (χ1n) is 10.4. The Labute approximate surface area is 195 Å². The van der Waals surface area contributed by atoms with Crippen molar-refractivity contribution in [3.8, 4) is 0 Å². The number of carbonyl (C=O) groups excluding carboxylic acids is 2. The first kappa shape index (κ1) is 24.4. The second-order valence-electron chi connectivity index (χ2n) is 7.59. The van der Waals surface area contributed by atoms with Crippen LogP contribution in [-0.2, 0) is 20.7 Å². The number of nitrogens with zero attached hydrogens (tertiary/aromatic N) is 2. The maximum Gasteiger partial charge on any atom is 0.356 e. The summed E-state index contributed by atoms with van der Waals surface area (Å²) in [7, 11) is 0. The van der Waals surface area contributed by atoms with Gasteiger partial charge in [-0.3, -0.25) is 4.79 Å². The summed E-state index contributed by atoms with van der Waals surface area (Å²) >= 11 is 4.24. The van der Waals surface area contributed by atoms with E-state index in [1.807, 2.05) is 38.1 Å². The predicted molar refractivity (Wildman–Crippen MR) is 123 cm³/mol. The lowest BCUT2D eigenvalue weighted by Crippen LogP contribution is -2.59. The molecular formula is C23H26ClFN2O4S. The van der Waals surface area contributed by atoms with E-state index in [2.05, 4.69) is 4.90 Å². The van der Waals surface area contributed by atoms with Gasteiger partial charge in [-0.2, -0.15) is 0 Å². The lowest BCUT2D eigenvalue weighted by atomic mass is 10.0. The molecule has 1 fully saturated rings. The third-order valence-electron chi connectivity index (χ3n) is 5.64. The minimum atomic E-state index is -1.89. The van der Waals surface area contributed by atoms with Gasteiger partial charge in [-0.05, 0) is 68.3 Å². The molecule has 1 aliphatic rings. The molecule has 3 atom stereocenters. The summed E-state index contributed by atoms with van der Waals surface area (Å²) in [6.07, 6.45) is 0. The van der Waals surface area contributed by atoms with Gasteiger partial charge < -0.3 is 19.1 Å². The summed E-state index contributed by atoms with van der Waals surface area (Å²) < 4.78 is 31.7. The lowest BCUT2D eigenvalue weighted by Gasteiger charge is -2.46. The SMILES string of the molecule is CCOC(=O)C[S+]([O-])c1ccc(C(=O)N2CCN(c3cccc(Cl)c3)[C@@H](C)[C@H]2C)cc1F. The molecule has 6 nitrogen and oxygen atoms in total. The predicted octanol–water partition coefficient (Wildman–Crippen LogP) is 3.89. The van der Waals surface area contributed by atoms with Crippen molar-refractivity contribution in [2.24, 2.45) is 0 Å². The van der Waals surface area contributed by atoms with E-state index in [0.29, 0.717) is 18.1 Å². The van der Waals surface area contributed by atoms with Crippen LogP contribution >= 0.6 is 11.6 Å². The lowest BCUT2D eigenvalue weighted by molar-refractivity contribution is -0.139. The zero-order valence-corrected chi connectivity index (χ0v) is 19.8. The van der Waals surface area contributed by atoms with Crippen LogP contribution in [0.15, 0.2) is 47.4 Å². The molecule has 0 N–H and O–H groups in total. The van der Waals surface area contributed by atoms with E-state index in [4.69, 9.17) is 16.3 Å². The van der Waals surface area contributed by atoms with Gasteiger partial charge in [-0.1, -0.05) is 17.7 Å². The van der Waals surface area contributed by atoms with Crippen molar-refractivity contribution < 1.29 is 23.3 Å². The molecule has 172 valence electrons. The number of esters is 1. The van der Waals surface area contributed by atoms with Crippen molar-refractivity contribution in [3.05, 3.63) is 58.9 Å². The molecule has 2 aromatic carbocycles. The van der Waals surface area contributed by atoms with Gasteiger partial charge in [-0.25, -0.2) is 9.18 Å². The van der Waals surface area contributed by atoms with Crippen molar-refractivity contribution in [2.45, 2.75) is 37.8 Å². The summed E-state index contributed by atoms with van der Waals surface area (Å²) in [5.74, 6) is -2.17. The number of benzene rings is 2. The molecule has 1 aliphatic heterocycles. The van der Waals surface area contributed by atoms with Crippen LogP contribution in [0.4, 0.5) is 10.1 Å². The number of halogens is 2. The fourth-order valence-electron chi connectivity index (χ4n) is 3.82. The molecule has 1 amide bonds. The van der Waals surface area contributed by atoms with E-state index in [1.54, 1.807) is 11.8 Å². The Morgan fingerprint density at radius 2 is 1.94 bits per heavy atom. The number of ether oxygens (including phenoxy) is 1. The zero-order chi connectivity index (χ0) is 23.4. The number of anilines is 1. The highest BCUT2D eigenvalue weighted by Gasteiger charge is 2.34. The molecule has 1 heterocycles. The standard InChI is InChI=1S/C23H26ClFN2O4S/c1-4-31-22(28)14-32(30)21-9-8-17(12-20(21)25)23(29)27-11-10-26(15(2)16(27)3)19-7-5-6-18(24)13-19/h5-9,12-13,15-16H,4,10-11,14H2,1-3H3/t15-,16+,32?/m0/s1. The fourth-order valence-corrected chi connectivity index (χ4v) is 4.95. The van der Waals surface area contributed by atoms with Crippen LogP contribution in [0.3, 0.4) is 0 Å². The highest BCUT2D eigenvalue weighted by atomic mass is 35.5. The number of hydrogen-bond acceptors (Lipinski definition) is 5. The highest BCUT2D eigenvalue weighted by Crippen LogP contribution is 2.28. The Hall–Kier alpha value is -2.29. The van der Waals surface area contributed by atoms with Crippen LogP contribution < -0.4 is 4.90 Å². The van der Waals surface area contributed by atoms with Gasteiger partial charge in [0.2, 0.25) is 5.75 Å². The molecule has 0 spiro atoms. The third kappa shape index (κ3) is 5.36. The summed E-state index contributed by atoms with van der Waals surface area (Å²) in [4.78, 5) is 28.4. The molecule has 0 aromatic heterocycles. The van der Waals surface area contributed by atoms with Crippen LogP contribution in [-0.4, -0.2) is 58.9 Å². The molecule has 1 unspecified atom stereocenters. The third-order valence-corrected chi connectivity index (χ3v) is 7.20. The van der Waals surface area contributed by atoms with Crippen LogP contribution in [0.1, 0.15) is 31.1 Å². The fraction of sp³-hybridized carbons (Fsp3) is 0.391. The smallest absolute Gasteiger partial charge is 0.356 e. The zero-order valence-electron chi connectivity index (χ0n) is 18.2. The summed E-state index contributed by atoms with van der Waals surface area (Å²) in [5.41, 5.74) is 1.16. The average Bonchev–Trinajstić information content (AvgIpc) is 2.75. The van der Waals surface area contributed by atoms with E-state index < -0.39 is 28.7 Å². The number of amides is 1. The second-order valence-corrected chi connectivity index (χ2v) is 9.45. The number of hydrogen-bond donors (Lipinski definition) is 0. The van der Waals surface area contributed by atoms with Crippen molar-refractivity contribution in [2.75, 3.05) is 30.3 Å². The van der Waals surface area contributed by atoms with Gasteiger partial charge in [0.25, 0.3) is 5.91 Å². The Kier molecular flexibility index (Phi) is 8.03. The van der Waals surface area contributed by atoms with E-state index in [1.165, 1.54) is 12.1 Å². The summed E-state index contributed by atoms with van der Waals surface area (Å²) in [5, 5.41) is 0.650. The summed E-state index contributed by atoms with van der Waals surface area (Å²) in [6.45, 7) is 6.87. The molecule has 0 saturated carbocycles. The maximum absolute atomic E-state index is 14.6. The first-order chi connectivity index (χ1) is 15.2. The minimum Gasteiger partial charge on any atom is -0.611 e. The Morgan fingerprint density at radius 1 is 1.19 bits per heavy atom. The molecule has 0 radical (unpaired) electrons. The maximum atomic E-state index is 14.6. The van der Waals surface area contributed by atoms with Gasteiger partial charge in [0.05, 0.1) is 6.61 Å². The van der Waals surface area contributed by atoms with E-state index in [0.717, 1.165) is 11.8 Å². The molecule has 0 aliphatic carbocycles. The molecular weight excluding hydrogens is 455 g/mol. The van der Waals surface area contributed by atoms with Crippen LogP contribution in [0.5, 0.6) is 0 Å². The van der Waals surface area contributed by atoms with Crippen LogP contribution in [0, 0.1) is 5.82 Å². The largest absolute Gasteiger partial charge is 0.611 e. The van der Waals surface area contributed by atoms with Crippen molar-refractivity contribution in [1.29, 1.82) is 0 Å². The van der Waals surface area contributed by atoms with E-state index in [-0.39, 0.29) is 35.1 Å². The van der Waals surface area contributed by atoms with E-state index in [9.17, 15) is 18.5 Å². The Balaban J connectivity index is 1.72. The normalized spacial score (nSPS) is 19.6. The van der Waals surface area contributed by atoms with Crippen molar-refractivity contribution in [1.82, 2.24) is 4.90 Å². The van der Waals surface area contributed by atoms with Crippen LogP contribution in [0.2, 0.25) is 5.02 Å². The van der Waals surface area contributed by atoms with Crippen molar-refractivity contribution in [3.63, 3.8) is 0 Å². The topological polar surface area (TPSA) is 72.9 Å². The minimum absolute atomic E-state index is 0.0207. The Bertz CT molecular complexity index is 992. The second kappa shape index (κ2) is 10.6. The Morgan fingerprint density at radius 3 is 2.59 bits per heavy atom. The first-order valence-corrected chi connectivity index (χ1v) is 12.1. The molecule has 32 heavy (non-hydrogen) atoms. The highest BCUT2D eigenvalue weighted by molar-refractivity contribution is 7.92. The molecule has 3 rings (SSSR count). The van der Waals surface area contributed by atoms with Gasteiger partial charge >= 0.3 is 5.97 Å². The molecule has 2 aromatic rings. The van der Waals surface area contributed by atoms with Gasteiger partial charge in [0.15, 0.2) is 10.7 Å². The number of rotatable bonds is 6. The van der Waals surface area contributed by atoms with Crippen LogP contribution in [0.25, 0.3) is 0 Å². The molecule has 9 heteroatoms. The number of carbonyl (C=O) groups is 2. The quantitative estimate of drug-likeness (QED) is 0.463. The van der Waals surface area contributed by atoms with Gasteiger partial charge in [0, 0.05) is 41.4 Å². The summed E-state index contributed by atoms with van der Waals surface area (Å²) in [6, 6.07) is 11.3. The van der Waals surface area contributed by atoms with Crippen molar-refractivity contribution >= 4 is 40.3 Å². The van der Waals surface area contributed by atoms with E-state index >= 15 is 0 Å². The molecule has 0 bridgehead atoms. The monoisotopic (exact) mass is 480 g/mol.